The predicted octanol–water partition coefficient (Wildman–Crippen LogP) is 3.21. The van der Waals surface area contributed by atoms with E-state index in [9.17, 15) is 4.79 Å². The van der Waals surface area contributed by atoms with Gasteiger partial charge < -0.3 is 24.7 Å². The molecule has 0 bridgehead atoms. The highest BCUT2D eigenvalue weighted by Crippen LogP contribution is 2.34. The maximum Gasteiger partial charge on any atom is 0.240 e. The highest BCUT2D eigenvalue weighted by atomic mass is 35.5. The number of thiazole rings is 1. The number of carbonyl (C=O) groups excluding carboxylic acids is 1. The van der Waals surface area contributed by atoms with Gasteiger partial charge in [-0.1, -0.05) is 23.7 Å². The number of imidazole rings is 1. The molecular weight excluding hydrogens is 552 g/mol. The molecule has 3 aromatic heterocycles. The van der Waals surface area contributed by atoms with Gasteiger partial charge in [0.2, 0.25) is 5.91 Å². The van der Waals surface area contributed by atoms with Crippen molar-refractivity contribution in [2.75, 3.05) is 82.4 Å². The predicted molar refractivity (Wildman–Crippen MR) is 156 cm³/mol. The molecule has 4 aromatic rings. The van der Waals surface area contributed by atoms with Gasteiger partial charge in [0.1, 0.15) is 23.7 Å². The van der Waals surface area contributed by atoms with E-state index < -0.39 is 0 Å². The molecule has 0 unspecified atom stereocenters. The van der Waals surface area contributed by atoms with Gasteiger partial charge in [-0.3, -0.25) is 14.6 Å². The van der Waals surface area contributed by atoms with Crippen LogP contribution in [0.2, 0.25) is 5.02 Å². The van der Waals surface area contributed by atoms with Crippen LogP contribution in [0.5, 0.6) is 5.75 Å². The molecule has 1 amide bonds. The summed E-state index contributed by atoms with van der Waals surface area (Å²) in [6.45, 7) is 8.17. The lowest BCUT2D eigenvalue weighted by Gasteiger charge is -2.36. The molecule has 210 valence electrons. The fourth-order valence-corrected chi connectivity index (χ4v) is 5.80. The average Bonchev–Trinajstić information content (AvgIpc) is 3.65. The van der Waals surface area contributed by atoms with Crippen LogP contribution in [0.3, 0.4) is 0 Å². The number of carbonyl (C=O) groups is 1. The first kappa shape index (κ1) is 26.9. The SMILES string of the molecule is O=C(CN1CCN(c2c(Cl)cnc3nc(-c4cccc(OCCN5CCOCC5)c4)[nH]c23)CC1)Nc1nccs1. The standard InChI is InChI=1S/C27H31ClN8O3S/c28-21-17-30-26-23(24(21)36-7-5-35(6-8-36)18-22(37)31-27-29-4-15-40-27)32-25(33-26)19-2-1-3-20(16-19)39-14-11-34-9-12-38-13-10-34/h1-4,15-17H,5-14,18H2,(H,29,31,37)(H,30,32,33). The maximum absolute atomic E-state index is 12.4. The zero-order chi connectivity index (χ0) is 27.3. The highest BCUT2D eigenvalue weighted by Gasteiger charge is 2.24. The lowest BCUT2D eigenvalue weighted by molar-refractivity contribution is -0.117. The highest BCUT2D eigenvalue weighted by molar-refractivity contribution is 7.13. The van der Waals surface area contributed by atoms with Crippen molar-refractivity contribution in [3.63, 3.8) is 0 Å². The molecule has 11 nitrogen and oxygen atoms in total. The van der Waals surface area contributed by atoms with E-state index in [1.54, 1.807) is 12.4 Å². The molecule has 13 heteroatoms. The third-order valence-electron chi connectivity index (χ3n) is 7.07. The van der Waals surface area contributed by atoms with Crippen molar-refractivity contribution in [2.24, 2.45) is 0 Å². The number of hydrogen-bond donors (Lipinski definition) is 2. The summed E-state index contributed by atoms with van der Waals surface area (Å²) in [6.07, 6.45) is 3.33. The summed E-state index contributed by atoms with van der Waals surface area (Å²) >= 11 is 8.08. The van der Waals surface area contributed by atoms with E-state index in [0.717, 1.165) is 81.5 Å². The van der Waals surface area contributed by atoms with E-state index in [0.29, 0.717) is 34.8 Å². The van der Waals surface area contributed by atoms with Crippen molar-refractivity contribution in [2.45, 2.75) is 0 Å². The first-order valence-corrected chi connectivity index (χ1v) is 14.6. The molecule has 0 atom stereocenters. The number of H-pyrrole nitrogens is 1. The second-order valence-corrected chi connectivity index (χ2v) is 11.0. The summed E-state index contributed by atoms with van der Waals surface area (Å²) in [4.78, 5) is 35.9. The number of nitrogens with zero attached hydrogens (tertiary/aromatic N) is 6. The van der Waals surface area contributed by atoms with Crippen LogP contribution in [-0.4, -0.2) is 108 Å². The number of benzene rings is 1. The molecule has 6 rings (SSSR count). The van der Waals surface area contributed by atoms with Gasteiger partial charge in [0.15, 0.2) is 10.8 Å². The molecule has 1 aromatic carbocycles. The van der Waals surface area contributed by atoms with E-state index in [2.05, 4.69) is 35.0 Å². The number of aromatic nitrogens is 4. The zero-order valence-corrected chi connectivity index (χ0v) is 23.6. The maximum atomic E-state index is 12.4. The molecule has 2 saturated heterocycles. The van der Waals surface area contributed by atoms with Gasteiger partial charge in [-0.05, 0) is 12.1 Å². The van der Waals surface area contributed by atoms with Crippen molar-refractivity contribution in [1.82, 2.24) is 29.7 Å². The minimum Gasteiger partial charge on any atom is -0.492 e. The second-order valence-electron chi connectivity index (χ2n) is 9.72. The molecule has 2 fully saturated rings. The smallest absolute Gasteiger partial charge is 0.240 e. The number of rotatable bonds is 9. The summed E-state index contributed by atoms with van der Waals surface area (Å²) in [7, 11) is 0. The van der Waals surface area contributed by atoms with Gasteiger partial charge in [0.25, 0.3) is 0 Å². The molecule has 0 aliphatic carbocycles. The number of amides is 1. The molecule has 0 spiro atoms. The molecule has 0 radical (unpaired) electrons. The van der Waals surface area contributed by atoms with E-state index in [4.69, 9.17) is 26.1 Å². The first-order valence-electron chi connectivity index (χ1n) is 13.4. The molecule has 40 heavy (non-hydrogen) atoms. The average molecular weight is 583 g/mol. The number of piperazine rings is 1. The Morgan fingerprint density at radius 1 is 1.12 bits per heavy atom. The number of fused-ring (bicyclic) bond motifs is 1. The summed E-state index contributed by atoms with van der Waals surface area (Å²) < 4.78 is 11.5. The van der Waals surface area contributed by atoms with E-state index in [1.807, 2.05) is 29.6 Å². The molecular formula is C27H31ClN8O3S. The number of ether oxygens (including phenoxy) is 2. The fourth-order valence-electron chi connectivity index (χ4n) is 4.99. The third-order valence-corrected chi connectivity index (χ3v) is 8.03. The minimum absolute atomic E-state index is 0.0572. The van der Waals surface area contributed by atoms with Crippen molar-refractivity contribution >= 4 is 50.8 Å². The van der Waals surface area contributed by atoms with E-state index in [-0.39, 0.29) is 5.91 Å². The van der Waals surface area contributed by atoms with Crippen LogP contribution >= 0.6 is 22.9 Å². The van der Waals surface area contributed by atoms with Crippen LogP contribution in [0.1, 0.15) is 0 Å². The van der Waals surface area contributed by atoms with E-state index >= 15 is 0 Å². The number of morpholine rings is 1. The fraction of sp³-hybridized carbons (Fsp3) is 0.407. The largest absolute Gasteiger partial charge is 0.492 e. The van der Waals surface area contributed by atoms with Crippen LogP contribution in [0.25, 0.3) is 22.6 Å². The number of anilines is 2. The Hall–Kier alpha value is -3.29. The minimum atomic E-state index is -0.0572. The summed E-state index contributed by atoms with van der Waals surface area (Å²) in [6, 6.07) is 7.93. The molecule has 2 aliphatic heterocycles. The third kappa shape index (κ3) is 6.37. The van der Waals surface area contributed by atoms with Gasteiger partial charge in [-0.25, -0.2) is 15.0 Å². The normalized spacial score (nSPS) is 16.9. The number of nitrogens with one attached hydrogen (secondary N) is 2. The Labute approximate surface area is 241 Å². The molecule has 5 heterocycles. The number of aromatic amines is 1. The Balaban J connectivity index is 1.11. The quantitative estimate of drug-likeness (QED) is 0.307. The van der Waals surface area contributed by atoms with Gasteiger partial charge in [0.05, 0.1) is 36.7 Å². The van der Waals surface area contributed by atoms with Crippen LogP contribution < -0.4 is 15.0 Å². The lowest BCUT2D eigenvalue weighted by Crippen LogP contribution is -2.48. The van der Waals surface area contributed by atoms with Crippen molar-refractivity contribution in [3.05, 3.63) is 47.1 Å². The summed E-state index contributed by atoms with van der Waals surface area (Å²) in [5.74, 6) is 1.45. The van der Waals surface area contributed by atoms with E-state index in [1.165, 1.54) is 11.3 Å². The zero-order valence-electron chi connectivity index (χ0n) is 22.0. The molecule has 2 aliphatic rings. The van der Waals surface area contributed by atoms with Crippen LogP contribution in [-0.2, 0) is 9.53 Å². The topological polar surface area (TPSA) is 112 Å². The van der Waals surface area contributed by atoms with Crippen molar-refractivity contribution < 1.29 is 14.3 Å². The lowest BCUT2D eigenvalue weighted by atomic mass is 10.2. The first-order chi connectivity index (χ1) is 19.6. The number of hydrogen-bond acceptors (Lipinski definition) is 10. The summed E-state index contributed by atoms with van der Waals surface area (Å²) in [5.41, 5.74) is 3.21. The Kier molecular flexibility index (Phi) is 8.40. The van der Waals surface area contributed by atoms with Crippen LogP contribution in [0.4, 0.5) is 10.8 Å². The van der Waals surface area contributed by atoms with Crippen LogP contribution in [0, 0.1) is 0 Å². The van der Waals surface area contributed by atoms with Crippen molar-refractivity contribution in [3.8, 4) is 17.1 Å². The Bertz CT molecular complexity index is 1440. The van der Waals surface area contributed by atoms with Gasteiger partial charge >= 0.3 is 0 Å². The van der Waals surface area contributed by atoms with Gasteiger partial charge in [-0.2, -0.15) is 0 Å². The summed E-state index contributed by atoms with van der Waals surface area (Å²) in [5, 5.41) is 5.88. The van der Waals surface area contributed by atoms with Gasteiger partial charge in [-0.15, -0.1) is 11.3 Å². The van der Waals surface area contributed by atoms with Gasteiger partial charge in [0, 0.05) is 63.0 Å². The molecule has 2 N–H and O–H groups in total. The second kappa shape index (κ2) is 12.5. The number of pyridine rings is 1. The van der Waals surface area contributed by atoms with Crippen LogP contribution in [0.15, 0.2) is 42.0 Å². The molecule has 0 saturated carbocycles. The Morgan fingerprint density at radius 2 is 1.98 bits per heavy atom. The van der Waals surface area contributed by atoms with Crippen molar-refractivity contribution in [1.29, 1.82) is 0 Å². The monoisotopic (exact) mass is 582 g/mol. The number of halogens is 1. The Morgan fingerprint density at radius 3 is 2.77 bits per heavy atom.